The van der Waals surface area contributed by atoms with E-state index in [4.69, 9.17) is 4.74 Å². The summed E-state index contributed by atoms with van der Waals surface area (Å²) < 4.78 is 6.39. The molecule has 0 spiro atoms. The van der Waals surface area contributed by atoms with Crippen LogP contribution in [0.4, 0.5) is 4.79 Å². The largest absolute Gasteiger partial charge is 0.490 e. The number of ether oxygens (including phenoxy) is 1. The number of carbonyl (C=O) groups excluding carboxylic acids is 2. The van der Waals surface area contributed by atoms with Gasteiger partial charge in [-0.1, -0.05) is 52.9 Å². The third-order valence-electron chi connectivity index (χ3n) is 3.67. The number of benzene rings is 2. The van der Waals surface area contributed by atoms with E-state index in [1.165, 1.54) is 4.90 Å². The van der Waals surface area contributed by atoms with Crippen LogP contribution in [-0.2, 0) is 11.3 Å². The first-order chi connectivity index (χ1) is 12.6. The molecule has 0 atom stereocenters. The quantitative estimate of drug-likeness (QED) is 0.464. The Labute approximate surface area is 164 Å². The van der Waals surface area contributed by atoms with Crippen molar-refractivity contribution in [1.29, 1.82) is 0 Å². The summed E-state index contributed by atoms with van der Waals surface area (Å²) in [4.78, 5) is 26.5. The molecule has 2 amide bonds. The van der Waals surface area contributed by atoms with Crippen molar-refractivity contribution in [3.63, 3.8) is 0 Å². The molecular weight excluding hydrogens is 414 g/mol. The zero-order chi connectivity index (χ0) is 18.5. The van der Waals surface area contributed by atoms with Crippen molar-refractivity contribution in [3.8, 4) is 5.75 Å². The monoisotopic (exact) mass is 429 g/mol. The normalized spacial score (nSPS) is 15.6. The highest BCUT2D eigenvalue weighted by molar-refractivity contribution is 9.10. The Morgan fingerprint density at radius 1 is 1.08 bits per heavy atom. The second-order valence-electron chi connectivity index (χ2n) is 5.56. The Hall–Kier alpha value is -2.31. The van der Waals surface area contributed by atoms with Gasteiger partial charge >= 0.3 is 0 Å². The van der Waals surface area contributed by atoms with Crippen LogP contribution in [0.5, 0.6) is 5.75 Å². The molecule has 0 N–H and O–H groups in total. The lowest BCUT2D eigenvalue weighted by Crippen LogP contribution is -2.27. The lowest BCUT2D eigenvalue weighted by molar-refractivity contribution is -0.123. The highest BCUT2D eigenvalue weighted by Gasteiger charge is 2.34. The van der Waals surface area contributed by atoms with Crippen LogP contribution in [0.25, 0.3) is 6.08 Å². The molecule has 1 saturated heterocycles. The fourth-order valence-corrected chi connectivity index (χ4v) is 3.48. The van der Waals surface area contributed by atoms with Crippen molar-refractivity contribution >= 4 is 44.9 Å². The summed E-state index contributed by atoms with van der Waals surface area (Å²) >= 11 is 4.33. The van der Waals surface area contributed by atoms with Gasteiger partial charge < -0.3 is 4.74 Å². The van der Waals surface area contributed by atoms with Crippen LogP contribution in [0.3, 0.4) is 0 Å². The Morgan fingerprint density at radius 2 is 1.77 bits per heavy atom. The summed E-state index contributed by atoms with van der Waals surface area (Å²) in [5.41, 5.74) is 1.74. The SMILES string of the molecule is C=CCOc1ccc(/C=C2\SC(=O)N(Cc3ccc(Br)cc3)C2=O)cc1. The van der Waals surface area contributed by atoms with Crippen molar-refractivity contribution in [2.45, 2.75) is 6.54 Å². The topological polar surface area (TPSA) is 46.6 Å². The number of rotatable bonds is 6. The van der Waals surface area contributed by atoms with Gasteiger partial charge in [0.15, 0.2) is 0 Å². The summed E-state index contributed by atoms with van der Waals surface area (Å²) in [6.07, 6.45) is 3.40. The number of hydrogen-bond acceptors (Lipinski definition) is 4. The van der Waals surface area contributed by atoms with Crippen LogP contribution in [0, 0.1) is 0 Å². The third-order valence-corrected chi connectivity index (χ3v) is 5.11. The molecule has 132 valence electrons. The van der Waals surface area contributed by atoms with E-state index in [0.29, 0.717) is 11.5 Å². The smallest absolute Gasteiger partial charge is 0.293 e. The van der Waals surface area contributed by atoms with E-state index >= 15 is 0 Å². The maximum atomic E-state index is 12.6. The molecule has 0 saturated carbocycles. The average molecular weight is 430 g/mol. The summed E-state index contributed by atoms with van der Waals surface area (Å²) in [6, 6.07) is 14.9. The van der Waals surface area contributed by atoms with Crippen molar-refractivity contribution in [2.75, 3.05) is 6.61 Å². The number of amides is 2. The molecule has 0 aromatic heterocycles. The molecule has 4 nitrogen and oxygen atoms in total. The number of halogens is 1. The average Bonchev–Trinajstić information content (AvgIpc) is 2.90. The molecule has 26 heavy (non-hydrogen) atoms. The molecule has 3 rings (SSSR count). The van der Waals surface area contributed by atoms with E-state index in [1.54, 1.807) is 12.2 Å². The molecule has 2 aromatic rings. The zero-order valence-corrected chi connectivity index (χ0v) is 16.3. The minimum Gasteiger partial charge on any atom is -0.490 e. The molecule has 0 unspecified atom stereocenters. The second kappa shape index (κ2) is 8.38. The van der Waals surface area contributed by atoms with Crippen LogP contribution in [0.2, 0.25) is 0 Å². The van der Waals surface area contributed by atoms with Gasteiger partial charge in [0.2, 0.25) is 0 Å². The van der Waals surface area contributed by atoms with Gasteiger partial charge in [0, 0.05) is 4.47 Å². The number of thioether (sulfide) groups is 1. The molecule has 1 heterocycles. The van der Waals surface area contributed by atoms with Crippen LogP contribution in [0.15, 0.2) is 70.6 Å². The van der Waals surface area contributed by atoms with Gasteiger partial charge in [-0.05, 0) is 53.2 Å². The van der Waals surface area contributed by atoms with Crippen LogP contribution >= 0.6 is 27.7 Å². The highest BCUT2D eigenvalue weighted by Crippen LogP contribution is 2.33. The Morgan fingerprint density at radius 3 is 2.42 bits per heavy atom. The van der Waals surface area contributed by atoms with Crippen molar-refractivity contribution in [3.05, 3.63) is 81.7 Å². The number of hydrogen-bond donors (Lipinski definition) is 0. The van der Waals surface area contributed by atoms with Gasteiger partial charge in [-0.2, -0.15) is 0 Å². The minimum atomic E-state index is -0.269. The molecule has 2 aromatic carbocycles. The standard InChI is InChI=1S/C20H16BrNO3S/c1-2-11-25-17-9-5-14(6-10-17)12-18-19(23)22(20(24)26-18)13-15-3-7-16(21)8-4-15/h2-10,12H,1,11,13H2/b18-12-. The summed E-state index contributed by atoms with van der Waals surface area (Å²) in [5.74, 6) is 0.459. The first kappa shape index (κ1) is 18.5. The van der Waals surface area contributed by atoms with E-state index in [-0.39, 0.29) is 17.7 Å². The Balaban J connectivity index is 1.72. The lowest BCUT2D eigenvalue weighted by atomic mass is 10.2. The fourth-order valence-electron chi connectivity index (χ4n) is 2.38. The Kier molecular flexibility index (Phi) is 5.96. The lowest BCUT2D eigenvalue weighted by Gasteiger charge is -2.12. The van der Waals surface area contributed by atoms with Gasteiger partial charge in [-0.3, -0.25) is 14.5 Å². The number of imide groups is 1. The molecule has 0 aliphatic carbocycles. The van der Waals surface area contributed by atoms with Gasteiger partial charge in [0.25, 0.3) is 11.1 Å². The predicted octanol–water partition coefficient (Wildman–Crippen LogP) is 5.25. The molecule has 1 aliphatic heterocycles. The fraction of sp³-hybridized carbons (Fsp3) is 0.100. The maximum absolute atomic E-state index is 12.6. The molecule has 0 radical (unpaired) electrons. The molecule has 1 fully saturated rings. The summed E-state index contributed by atoms with van der Waals surface area (Å²) in [7, 11) is 0. The Bertz CT molecular complexity index is 860. The van der Waals surface area contributed by atoms with E-state index < -0.39 is 0 Å². The molecule has 0 bridgehead atoms. The summed E-state index contributed by atoms with van der Waals surface area (Å²) in [6.45, 7) is 4.31. The van der Waals surface area contributed by atoms with Gasteiger partial charge in [-0.15, -0.1) is 0 Å². The first-order valence-electron chi connectivity index (χ1n) is 7.90. The maximum Gasteiger partial charge on any atom is 0.293 e. The number of carbonyl (C=O) groups is 2. The molecular formula is C20H16BrNO3S. The van der Waals surface area contributed by atoms with Crippen LogP contribution in [-0.4, -0.2) is 22.7 Å². The van der Waals surface area contributed by atoms with Gasteiger partial charge in [0.1, 0.15) is 12.4 Å². The zero-order valence-electron chi connectivity index (χ0n) is 13.9. The van der Waals surface area contributed by atoms with Crippen molar-refractivity contribution in [2.24, 2.45) is 0 Å². The van der Waals surface area contributed by atoms with Gasteiger partial charge in [-0.25, -0.2) is 0 Å². The molecule has 1 aliphatic rings. The van der Waals surface area contributed by atoms with Gasteiger partial charge in [0.05, 0.1) is 11.4 Å². The highest BCUT2D eigenvalue weighted by atomic mass is 79.9. The van der Waals surface area contributed by atoms with E-state index in [1.807, 2.05) is 48.5 Å². The predicted molar refractivity (Wildman–Crippen MR) is 108 cm³/mol. The minimum absolute atomic E-state index is 0.255. The first-order valence-corrected chi connectivity index (χ1v) is 9.51. The van der Waals surface area contributed by atoms with Crippen LogP contribution in [0.1, 0.15) is 11.1 Å². The van der Waals surface area contributed by atoms with Crippen molar-refractivity contribution < 1.29 is 14.3 Å². The molecule has 6 heteroatoms. The van der Waals surface area contributed by atoms with Crippen LogP contribution < -0.4 is 4.74 Å². The number of nitrogens with zero attached hydrogens (tertiary/aromatic N) is 1. The second-order valence-corrected chi connectivity index (χ2v) is 7.47. The third kappa shape index (κ3) is 4.45. The van der Waals surface area contributed by atoms with E-state index in [9.17, 15) is 9.59 Å². The summed E-state index contributed by atoms with van der Waals surface area (Å²) in [5, 5.41) is -0.255. The van der Waals surface area contributed by atoms with E-state index in [2.05, 4.69) is 22.5 Å². The van der Waals surface area contributed by atoms with Crippen molar-refractivity contribution in [1.82, 2.24) is 4.90 Å². The van der Waals surface area contributed by atoms with E-state index in [0.717, 1.165) is 33.1 Å².